The number of ether oxygens (including phenoxy) is 1. The smallest absolute Gasteiger partial charge is 0.346 e. The molecule has 0 bridgehead atoms. The summed E-state index contributed by atoms with van der Waals surface area (Å²) >= 11 is 0. The average molecular weight is 299 g/mol. The summed E-state index contributed by atoms with van der Waals surface area (Å²) in [6.07, 6.45) is 4.24. The van der Waals surface area contributed by atoms with Crippen LogP contribution in [0, 0.1) is 5.82 Å². The normalized spacial score (nSPS) is 10.2. The van der Waals surface area contributed by atoms with Gasteiger partial charge in [-0.1, -0.05) is 12.8 Å². The van der Waals surface area contributed by atoms with Crippen LogP contribution in [0.1, 0.15) is 38.5 Å². The minimum atomic E-state index is -0.791. The lowest BCUT2D eigenvalue weighted by Gasteiger charge is -2.05. The largest absolute Gasteiger partial charge is 0.469 e. The van der Waals surface area contributed by atoms with E-state index in [1.165, 1.54) is 7.11 Å². The van der Waals surface area contributed by atoms with Crippen molar-refractivity contribution in [2.24, 2.45) is 0 Å². The molecule has 21 heavy (non-hydrogen) atoms. The summed E-state index contributed by atoms with van der Waals surface area (Å²) in [5.74, 6) is -1.69. The van der Waals surface area contributed by atoms with Crippen molar-refractivity contribution in [1.29, 1.82) is 0 Å². The molecule has 0 atom stereocenters. The fourth-order valence-electron chi connectivity index (χ4n) is 1.68. The van der Waals surface area contributed by atoms with Gasteiger partial charge in [-0.3, -0.25) is 14.6 Å². The monoisotopic (exact) mass is 299 g/mol. The summed E-state index contributed by atoms with van der Waals surface area (Å²) in [6, 6.07) is 0. The van der Waals surface area contributed by atoms with Crippen molar-refractivity contribution in [1.82, 2.24) is 9.97 Å². The first-order chi connectivity index (χ1) is 10.0. The van der Waals surface area contributed by atoms with Gasteiger partial charge in [0.1, 0.15) is 0 Å². The van der Waals surface area contributed by atoms with Crippen LogP contribution in [0.25, 0.3) is 0 Å². The Balaban J connectivity index is 2.21. The van der Waals surface area contributed by atoms with E-state index in [4.69, 9.17) is 0 Å². The Morgan fingerprint density at radius 3 is 2.62 bits per heavy atom. The van der Waals surface area contributed by atoms with Crippen molar-refractivity contribution in [3.63, 3.8) is 0 Å². The minimum Gasteiger partial charge on any atom is -0.469 e. The van der Waals surface area contributed by atoms with Gasteiger partial charge < -0.3 is 10.1 Å². The van der Waals surface area contributed by atoms with Gasteiger partial charge in [0.05, 0.1) is 13.3 Å². The van der Waals surface area contributed by atoms with Gasteiger partial charge in [-0.25, -0.2) is 9.18 Å². The molecule has 0 fully saturated rings. The zero-order chi connectivity index (χ0) is 15.7. The number of hydrogen-bond acceptors (Lipinski definition) is 5. The Kier molecular flexibility index (Phi) is 7.06. The number of nitrogens with one attached hydrogen (secondary N) is 2. The number of H-pyrrole nitrogens is 1. The molecule has 1 heterocycles. The number of aromatic nitrogens is 2. The summed E-state index contributed by atoms with van der Waals surface area (Å²) < 4.78 is 17.7. The van der Waals surface area contributed by atoms with Crippen molar-refractivity contribution in [3.05, 3.63) is 22.5 Å². The van der Waals surface area contributed by atoms with Gasteiger partial charge in [0, 0.05) is 12.8 Å². The molecule has 0 saturated heterocycles. The number of amides is 1. The predicted octanol–water partition coefficient (Wildman–Crippen LogP) is 1.36. The number of unbranched alkanes of at least 4 members (excludes halogenated alkanes) is 3. The zero-order valence-corrected chi connectivity index (χ0v) is 11.8. The summed E-state index contributed by atoms with van der Waals surface area (Å²) in [4.78, 5) is 38.6. The van der Waals surface area contributed by atoms with Crippen LogP contribution in [-0.4, -0.2) is 29.0 Å². The molecule has 116 valence electrons. The third kappa shape index (κ3) is 6.64. The van der Waals surface area contributed by atoms with Crippen LogP contribution in [0.5, 0.6) is 0 Å². The Morgan fingerprint density at radius 2 is 1.95 bits per heavy atom. The van der Waals surface area contributed by atoms with Gasteiger partial charge in [0.15, 0.2) is 11.6 Å². The molecule has 0 radical (unpaired) electrons. The number of carbonyl (C=O) groups excluding carboxylic acids is 2. The van der Waals surface area contributed by atoms with Crippen LogP contribution in [-0.2, 0) is 14.3 Å². The van der Waals surface area contributed by atoms with Crippen molar-refractivity contribution in [2.75, 3.05) is 12.4 Å². The maximum absolute atomic E-state index is 13.2. The zero-order valence-electron chi connectivity index (χ0n) is 11.8. The Labute approximate surface area is 120 Å². The summed E-state index contributed by atoms with van der Waals surface area (Å²) in [5.41, 5.74) is -0.727. The number of aromatic amines is 1. The standard InChI is InChI=1S/C13H18FN3O4/c1-21-11(19)7-5-3-2-4-6-10(18)16-12-9(14)8-15-13(20)17-12/h8H,2-7H2,1H3,(H2,15,16,17,18,20). The molecular formula is C13H18FN3O4. The molecule has 0 spiro atoms. The molecule has 0 unspecified atom stereocenters. The Hall–Kier alpha value is -2.25. The second-order valence-electron chi connectivity index (χ2n) is 4.45. The molecule has 1 aromatic rings. The molecule has 1 aromatic heterocycles. The second-order valence-corrected chi connectivity index (χ2v) is 4.45. The maximum atomic E-state index is 13.2. The van der Waals surface area contributed by atoms with Gasteiger partial charge in [-0.2, -0.15) is 4.98 Å². The van der Waals surface area contributed by atoms with Crippen LogP contribution in [0.3, 0.4) is 0 Å². The number of esters is 1. The third-order valence-corrected chi connectivity index (χ3v) is 2.79. The van der Waals surface area contributed by atoms with E-state index in [0.29, 0.717) is 19.3 Å². The highest BCUT2D eigenvalue weighted by atomic mass is 19.1. The van der Waals surface area contributed by atoms with E-state index in [1.807, 2.05) is 0 Å². The van der Waals surface area contributed by atoms with E-state index in [9.17, 15) is 18.8 Å². The molecule has 0 aliphatic rings. The number of anilines is 1. The number of carbonyl (C=O) groups is 2. The Bertz CT molecular complexity index is 544. The van der Waals surface area contributed by atoms with Gasteiger partial charge in [0.2, 0.25) is 5.91 Å². The Morgan fingerprint density at radius 1 is 1.29 bits per heavy atom. The number of nitrogens with zero attached hydrogens (tertiary/aromatic N) is 1. The van der Waals surface area contributed by atoms with Crippen LogP contribution in [0.15, 0.2) is 11.0 Å². The van der Waals surface area contributed by atoms with Gasteiger partial charge in [-0.15, -0.1) is 0 Å². The molecule has 2 N–H and O–H groups in total. The quantitative estimate of drug-likeness (QED) is 0.557. The third-order valence-electron chi connectivity index (χ3n) is 2.79. The van der Waals surface area contributed by atoms with Crippen molar-refractivity contribution in [3.8, 4) is 0 Å². The maximum Gasteiger partial charge on any atom is 0.346 e. The van der Waals surface area contributed by atoms with E-state index in [2.05, 4.69) is 20.0 Å². The highest BCUT2D eigenvalue weighted by Gasteiger charge is 2.08. The van der Waals surface area contributed by atoms with Crippen LogP contribution in [0.2, 0.25) is 0 Å². The minimum absolute atomic E-state index is 0.210. The number of halogens is 1. The molecule has 7 nitrogen and oxygen atoms in total. The summed E-state index contributed by atoms with van der Waals surface area (Å²) in [5, 5.41) is 2.29. The predicted molar refractivity (Wildman–Crippen MR) is 73.2 cm³/mol. The van der Waals surface area contributed by atoms with Crippen molar-refractivity contribution >= 4 is 17.7 Å². The molecule has 1 rings (SSSR count). The first kappa shape index (κ1) is 16.8. The highest BCUT2D eigenvalue weighted by Crippen LogP contribution is 2.09. The van der Waals surface area contributed by atoms with Gasteiger partial charge in [-0.05, 0) is 12.8 Å². The van der Waals surface area contributed by atoms with E-state index in [-0.39, 0.29) is 24.1 Å². The lowest BCUT2D eigenvalue weighted by Crippen LogP contribution is -2.19. The fraction of sp³-hybridized carbons (Fsp3) is 0.538. The number of rotatable bonds is 8. The van der Waals surface area contributed by atoms with Crippen LogP contribution >= 0.6 is 0 Å². The molecule has 0 aliphatic heterocycles. The lowest BCUT2D eigenvalue weighted by atomic mass is 10.1. The lowest BCUT2D eigenvalue weighted by molar-refractivity contribution is -0.140. The fourth-order valence-corrected chi connectivity index (χ4v) is 1.68. The van der Waals surface area contributed by atoms with Gasteiger partial charge >= 0.3 is 11.7 Å². The first-order valence-electron chi connectivity index (χ1n) is 6.64. The van der Waals surface area contributed by atoms with Crippen LogP contribution in [0.4, 0.5) is 10.2 Å². The number of methoxy groups -OCH3 is 1. The molecule has 8 heteroatoms. The highest BCUT2D eigenvalue weighted by molar-refractivity contribution is 5.89. The average Bonchev–Trinajstić information content (AvgIpc) is 2.46. The number of hydrogen-bond donors (Lipinski definition) is 2. The first-order valence-corrected chi connectivity index (χ1v) is 6.64. The topological polar surface area (TPSA) is 101 Å². The molecular weight excluding hydrogens is 281 g/mol. The van der Waals surface area contributed by atoms with E-state index in [0.717, 1.165) is 19.0 Å². The second kappa shape index (κ2) is 8.83. The van der Waals surface area contributed by atoms with Crippen molar-refractivity contribution in [2.45, 2.75) is 38.5 Å². The molecule has 0 aliphatic carbocycles. The van der Waals surface area contributed by atoms with Crippen molar-refractivity contribution < 1.29 is 18.7 Å². The van der Waals surface area contributed by atoms with Crippen LogP contribution < -0.4 is 11.0 Å². The van der Waals surface area contributed by atoms with Gasteiger partial charge in [0.25, 0.3) is 0 Å². The summed E-state index contributed by atoms with van der Waals surface area (Å²) in [7, 11) is 1.34. The van der Waals surface area contributed by atoms with E-state index in [1.54, 1.807) is 0 Å². The van der Waals surface area contributed by atoms with E-state index >= 15 is 0 Å². The molecule has 0 aromatic carbocycles. The molecule has 1 amide bonds. The van der Waals surface area contributed by atoms with E-state index < -0.39 is 11.5 Å². The summed E-state index contributed by atoms with van der Waals surface area (Å²) in [6.45, 7) is 0. The molecule has 0 saturated carbocycles. The SMILES string of the molecule is COC(=O)CCCCCCC(=O)Nc1[nH]c(=O)ncc1F.